The van der Waals surface area contributed by atoms with E-state index < -0.39 is 17.9 Å². The molecule has 0 heterocycles. The smallest absolute Gasteiger partial charge is 0.303 e. The molecule has 0 radical (unpaired) electrons. The first-order valence-electron chi connectivity index (χ1n) is 29.1. The second-order valence-corrected chi connectivity index (χ2v) is 22.6. The van der Waals surface area contributed by atoms with Gasteiger partial charge in [-0.15, -0.1) is 0 Å². The zero-order valence-corrected chi connectivity index (χ0v) is 46.7. The third-order valence-corrected chi connectivity index (χ3v) is 12.8. The zero-order valence-electron chi connectivity index (χ0n) is 46.7. The summed E-state index contributed by atoms with van der Waals surface area (Å²) >= 11 is 0. The Kier molecular flexibility index (Phi) is 62.1. The quantitative estimate of drug-likeness (QED) is 0.0525. The maximum absolute atomic E-state index is 10.3. The van der Waals surface area contributed by atoms with Gasteiger partial charge in [0.25, 0.3) is 0 Å². The van der Waals surface area contributed by atoms with Crippen LogP contribution in [0.4, 0.5) is 0 Å². The van der Waals surface area contributed by atoms with Gasteiger partial charge in [-0.3, -0.25) is 14.4 Å². The predicted octanol–water partition coefficient (Wildman–Crippen LogP) is 21.0. The van der Waals surface area contributed by atoms with Crippen LogP contribution in [-0.4, -0.2) is 33.2 Å². The Bertz CT molecular complexity index is 842. The van der Waals surface area contributed by atoms with Gasteiger partial charge in [0.15, 0.2) is 0 Å². The summed E-state index contributed by atoms with van der Waals surface area (Å²) in [6.45, 7) is 22.8. The van der Waals surface area contributed by atoms with Crippen LogP contribution in [0.25, 0.3) is 0 Å². The van der Waals surface area contributed by atoms with Crippen LogP contribution in [0.15, 0.2) is 0 Å². The van der Waals surface area contributed by atoms with Crippen LogP contribution in [0.5, 0.6) is 0 Å². The highest BCUT2D eigenvalue weighted by atomic mass is 16.4. The molecule has 0 unspecified atom stereocenters. The summed E-state index contributed by atoms with van der Waals surface area (Å²) in [6, 6.07) is 0. The molecule has 0 aliphatic carbocycles. The van der Waals surface area contributed by atoms with Crippen LogP contribution in [-0.2, 0) is 14.4 Å². The van der Waals surface area contributed by atoms with Crippen molar-refractivity contribution in [3.05, 3.63) is 0 Å². The minimum Gasteiger partial charge on any atom is -0.481 e. The number of hydrogen-bond donors (Lipinski definition) is 3. The molecule has 6 nitrogen and oxygen atoms in total. The first-order valence-corrected chi connectivity index (χ1v) is 29.1. The summed E-state index contributed by atoms with van der Waals surface area (Å²) in [4.78, 5) is 31.0. The van der Waals surface area contributed by atoms with E-state index in [1.807, 2.05) is 0 Å². The molecule has 0 spiro atoms. The van der Waals surface area contributed by atoms with Gasteiger partial charge < -0.3 is 15.3 Å². The molecule has 6 heteroatoms. The zero-order chi connectivity index (χ0) is 50.4. The largest absolute Gasteiger partial charge is 0.481 e. The lowest BCUT2D eigenvalue weighted by molar-refractivity contribution is -0.138. The van der Waals surface area contributed by atoms with Crippen LogP contribution in [0, 0.1) is 23.2 Å². The molecule has 0 bridgehead atoms. The number of aliphatic carboxylic acids is 3. The summed E-state index contributed by atoms with van der Waals surface area (Å²) in [5.74, 6) is 0.636. The van der Waals surface area contributed by atoms with Gasteiger partial charge in [0.1, 0.15) is 0 Å². The van der Waals surface area contributed by atoms with Gasteiger partial charge in [-0.05, 0) is 42.4 Å². The topological polar surface area (TPSA) is 112 Å². The monoisotopic (exact) mass is 939 g/mol. The second kappa shape index (κ2) is 57.7. The van der Waals surface area contributed by atoms with Crippen LogP contribution in [0.2, 0.25) is 0 Å². The highest BCUT2D eigenvalue weighted by molar-refractivity contribution is 5.67. The fourth-order valence-corrected chi connectivity index (χ4v) is 7.79. The average molecular weight is 940 g/mol. The Balaban J connectivity index is -0.000000410. The Morgan fingerprint density at radius 2 is 0.409 bits per heavy atom. The van der Waals surface area contributed by atoms with Gasteiger partial charge in [-0.2, -0.15) is 0 Å². The van der Waals surface area contributed by atoms with Crippen molar-refractivity contribution in [3.8, 4) is 0 Å². The van der Waals surface area contributed by atoms with Crippen LogP contribution in [0.1, 0.15) is 345 Å². The fraction of sp³-hybridized carbons (Fsp3) is 0.950. The molecule has 0 saturated carbocycles. The van der Waals surface area contributed by atoms with Crippen molar-refractivity contribution in [1.82, 2.24) is 0 Å². The van der Waals surface area contributed by atoms with Gasteiger partial charge in [-0.1, -0.05) is 307 Å². The molecule has 0 amide bonds. The lowest BCUT2D eigenvalue weighted by atomic mass is 9.94. The van der Waals surface area contributed by atoms with E-state index in [-0.39, 0.29) is 0 Å². The van der Waals surface area contributed by atoms with Gasteiger partial charge in [0.2, 0.25) is 0 Å². The van der Waals surface area contributed by atoms with E-state index >= 15 is 0 Å². The molecule has 0 aliphatic heterocycles. The lowest BCUT2D eigenvalue weighted by Gasteiger charge is -2.12. The first-order chi connectivity index (χ1) is 31.4. The van der Waals surface area contributed by atoms with Crippen molar-refractivity contribution in [2.45, 2.75) is 345 Å². The summed E-state index contributed by atoms with van der Waals surface area (Å²) in [5.41, 5.74) is 0.542. The lowest BCUT2D eigenvalue weighted by Crippen LogP contribution is -2.00. The fourth-order valence-electron chi connectivity index (χ4n) is 7.79. The van der Waals surface area contributed by atoms with E-state index in [4.69, 9.17) is 15.3 Å². The van der Waals surface area contributed by atoms with Crippen LogP contribution < -0.4 is 0 Å². The Morgan fingerprint density at radius 3 is 0.515 bits per heavy atom. The van der Waals surface area contributed by atoms with Crippen molar-refractivity contribution in [2.24, 2.45) is 23.2 Å². The van der Waals surface area contributed by atoms with E-state index in [0.29, 0.717) is 24.7 Å². The van der Waals surface area contributed by atoms with Gasteiger partial charge in [0, 0.05) is 19.3 Å². The van der Waals surface area contributed by atoms with E-state index in [1.54, 1.807) is 0 Å². The average Bonchev–Trinajstić information content (AvgIpc) is 3.23. The molecule has 0 saturated heterocycles. The molecule has 0 aliphatic rings. The number of unbranched alkanes of at least 4 members (excludes halogenated alkanes) is 33. The number of carboxylic acid groups (broad SMARTS) is 3. The SMILES string of the molecule is CC(C)CCCCCCCCCCCCCCC(=O)O.CC(C)CCCCCCCCCCCCCCC(=O)O.CC(C)CCCCCCCCCCCCCCC(=O)O.CCC(C)(C)C. The summed E-state index contributed by atoms with van der Waals surface area (Å²) < 4.78 is 0. The third-order valence-electron chi connectivity index (χ3n) is 12.8. The molecule has 0 atom stereocenters. The normalized spacial score (nSPS) is 11.2. The molecule has 3 N–H and O–H groups in total. The number of carboxylic acids is 3. The molecule has 0 aromatic heterocycles. The van der Waals surface area contributed by atoms with Crippen molar-refractivity contribution in [3.63, 3.8) is 0 Å². The van der Waals surface area contributed by atoms with Crippen molar-refractivity contribution in [1.29, 1.82) is 0 Å². The van der Waals surface area contributed by atoms with E-state index in [0.717, 1.165) is 56.3 Å². The van der Waals surface area contributed by atoms with Crippen molar-refractivity contribution in [2.75, 3.05) is 0 Å². The summed E-state index contributed by atoms with van der Waals surface area (Å²) in [5, 5.41) is 25.6. The molecule has 0 rings (SSSR count). The molecule has 0 aromatic carbocycles. The maximum atomic E-state index is 10.3. The minimum absolute atomic E-state index is 0.344. The molecule has 0 aromatic rings. The van der Waals surface area contributed by atoms with Gasteiger partial charge in [0.05, 0.1) is 0 Å². The molecule has 398 valence electrons. The van der Waals surface area contributed by atoms with E-state index in [9.17, 15) is 14.4 Å². The molecular formula is C60H122O6. The highest BCUT2D eigenvalue weighted by Crippen LogP contribution is 2.18. The van der Waals surface area contributed by atoms with Gasteiger partial charge in [-0.25, -0.2) is 0 Å². The Labute approximate surface area is 414 Å². The third kappa shape index (κ3) is 85.7. The molecule has 66 heavy (non-hydrogen) atoms. The number of carbonyl (C=O) groups is 3. The molecular weight excluding hydrogens is 817 g/mol. The van der Waals surface area contributed by atoms with E-state index in [2.05, 4.69) is 69.2 Å². The Hall–Kier alpha value is -1.59. The van der Waals surface area contributed by atoms with Crippen molar-refractivity contribution >= 4 is 17.9 Å². The Morgan fingerprint density at radius 1 is 0.288 bits per heavy atom. The predicted molar refractivity (Wildman–Crippen MR) is 291 cm³/mol. The standard InChI is InChI=1S/3C18H36O2.C6H14/c3*1-17(2)15-13-11-9-7-5-3-4-6-8-10-12-14-16-18(19)20;1-5-6(2,3)4/h3*17H,3-16H2,1-2H3,(H,19,20);5H2,1-4H3. The highest BCUT2D eigenvalue weighted by Gasteiger charge is 2.04. The van der Waals surface area contributed by atoms with Crippen LogP contribution in [0.3, 0.4) is 0 Å². The summed E-state index contributed by atoms with van der Waals surface area (Å²) in [7, 11) is 0. The first kappa shape index (κ1) is 71.0. The number of rotatable bonds is 45. The maximum Gasteiger partial charge on any atom is 0.303 e. The summed E-state index contributed by atoms with van der Waals surface area (Å²) in [6.07, 6.45) is 53.2. The van der Waals surface area contributed by atoms with E-state index in [1.165, 1.54) is 218 Å². The number of hydrogen-bond acceptors (Lipinski definition) is 3. The molecule has 0 fully saturated rings. The minimum atomic E-state index is -0.654. The van der Waals surface area contributed by atoms with Crippen molar-refractivity contribution < 1.29 is 29.7 Å². The van der Waals surface area contributed by atoms with Crippen LogP contribution >= 0.6 is 0 Å². The second-order valence-electron chi connectivity index (χ2n) is 22.6. The van der Waals surface area contributed by atoms with Gasteiger partial charge >= 0.3 is 17.9 Å².